The van der Waals surface area contributed by atoms with Crippen molar-refractivity contribution < 1.29 is 4.79 Å². The molecule has 62 valence electrons. The highest BCUT2D eigenvalue weighted by molar-refractivity contribution is 5.94. The summed E-state index contributed by atoms with van der Waals surface area (Å²) in [5.41, 5.74) is 0.643. The molecule has 1 aromatic rings. The molecule has 3 nitrogen and oxygen atoms in total. The molecule has 0 aliphatic heterocycles. The maximum Gasteiger partial charge on any atom is 0.253 e. The Labute approximate surface area is 70.8 Å². The molecular formula is C9H10N2O. The van der Waals surface area contributed by atoms with Crippen molar-refractivity contribution in [1.29, 1.82) is 0 Å². The normalized spacial score (nSPS) is 15.7. The lowest BCUT2D eigenvalue weighted by Gasteiger charge is -2.00. The zero-order chi connectivity index (χ0) is 8.39. The Morgan fingerprint density at radius 1 is 1.58 bits per heavy atom. The van der Waals surface area contributed by atoms with Crippen molar-refractivity contribution in [2.75, 3.05) is 0 Å². The van der Waals surface area contributed by atoms with Crippen LogP contribution >= 0.6 is 0 Å². The highest BCUT2D eigenvalue weighted by atomic mass is 16.1. The molecule has 0 unspecified atom stereocenters. The fourth-order valence-electron chi connectivity index (χ4n) is 0.993. The van der Waals surface area contributed by atoms with E-state index in [9.17, 15) is 4.79 Å². The minimum absolute atomic E-state index is 0.00870. The third-order valence-electron chi connectivity index (χ3n) is 1.84. The van der Waals surface area contributed by atoms with E-state index in [0.29, 0.717) is 11.6 Å². The Balaban J connectivity index is 2.03. The lowest BCUT2D eigenvalue weighted by Crippen LogP contribution is -2.25. The van der Waals surface area contributed by atoms with E-state index < -0.39 is 0 Å². The van der Waals surface area contributed by atoms with Crippen molar-refractivity contribution in [3.63, 3.8) is 0 Å². The van der Waals surface area contributed by atoms with Crippen LogP contribution in [0.1, 0.15) is 23.2 Å². The van der Waals surface area contributed by atoms with E-state index >= 15 is 0 Å². The van der Waals surface area contributed by atoms with Gasteiger partial charge in [0.15, 0.2) is 0 Å². The predicted molar refractivity (Wildman–Crippen MR) is 44.7 cm³/mol. The van der Waals surface area contributed by atoms with Crippen molar-refractivity contribution in [2.24, 2.45) is 0 Å². The number of aromatic nitrogens is 1. The number of nitrogens with zero attached hydrogens (tertiary/aromatic N) is 1. The monoisotopic (exact) mass is 162 g/mol. The second-order valence-corrected chi connectivity index (χ2v) is 2.99. The van der Waals surface area contributed by atoms with E-state index in [-0.39, 0.29) is 5.91 Å². The zero-order valence-corrected chi connectivity index (χ0v) is 6.66. The summed E-state index contributed by atoms with van der Waals surface area (Å²) in [7, 11) is 0. The summed E-state index contributed by atoms with van der Waals surface area (Å²) >= 11 is 0. The molecule has 0 bridgehead atoms. The van der Waals surface area contributed by atoms with Gasteiger partial charge in [0.05, 0.1) is 5.56 Å². The van der Waals surface area contributed by atoms with Crippen LogP contribution in [0.4, 0.5) is 0 Å². The summed E-state index contributed by atoms with van der Waals surface area (Å²) < 4.78 is 0. The summed E-state index contributed by atoms with van der Waals surface area (Å²) in [5, 5.41) is 2.89. The molecule has 0 atom stereocenters. The van der Waals surface area contributed by atoms with Crippen molar-refractivity contribution in [2.45, 2.75) is 18.9 Å². The summed E-state index contributed by atoms with van der Waals surface area (Å²) in [6, 6.07) is 3.95. The molecule has 1 aliphatic rings. The number of hydrogen-bond donors (Lipinski definition) is 1. The van der Waals surface area contributed by atoms with Crippen LogP contribution < -0.4 is 5.32 Å². The van der Waals surface area contributed by atoms with Crippen LogP contribution in [-0.4, -0.2) is 16.9 Å². The van der Waals surface area contributed by atoms with Crippen LogP contribution in [0.3, 0.4) is 0 Å². The summed E-state index contributed by atoms with van der Waals surface area (Å²) in [4.78, 5) is 15.2. The molecule has 2 rings (SSSR count). The van der Waals surface area contributed by atoms with Crippen LogP contribution in [0, 0.1) is 0 Å². The molecule has 0 radical (unpaired) electrons. The van der Waals surface area contributed by atoms with Gasteiger partial charge in [0.1, 0.15) is 0 Å². The van der Waals surface area contributed by atoms with Crippen LogP contribution in [0.5, 0.6) is 0 Å². The molecule has 1 aliphatic carbocycles. The second-order valence-electron chi connectivity index (χ2n) is 2.99. The van der Waals surface area contributed by atoms with Crippen LogP contribution in [0.15, 0.2) is 24.5 Å². The third-order valence-corrected chi connectivity index (χ3v) is 1.84. The maximum absolute atomic E-state index is 11.3. The van der Waals surface area contributed by atoms with Crippen molar-refractivity contribution in [3.05, 3.63) is 30.1 Å². The first kappa shape index (κ1) is 7.28. The Kier molecular flexibility index (Phi) is 1.78. The lowest BCUT2D eigenvalue weighted by molar-refractivity contribution is 0.0950. The first-order valence-electron chi connectivity index (χ1n) is 4.07. The number of rotatable bonds is 2. The standard InChI is InChI=1S/C9H10N2O/c12-9(11-8-3-4-8)7-2-1-5-10-6-7/h1-2,5-6,8H,3-4H2,(H,11,12). The molecule has 12 heavy (non-hydrogen) atoms. The number of carbonyl (C=O) groups excluding carboxylic acids is 1. The first-order chi connectivity index (χ1) is 5.86. The quantitative estimate of drug-likeness (QED) is 0.704. The van der Waals surface area contributed by atoms with Gasteiger partial charge < -0.3 is 5.32 Å². The Hall–Kier alpha value is -1.38. The SMILES string of the molecule is O=C(NC1CC1)c1cccnc1. The van der Waals surface area contributed by atoms with Gasteiger partial charge in [0.25, 0.3) is 5.91 Å². The summed E-state index contributed by atoms with van der Waals surface area (Å²) in [6.07, 6.45) is 5.48. The van der Waals surface area contributed by atoms with Gasteiger partial charge in [-0.05, 0) is 25.0 Å². The average molecular weight is 162 g/mol. The topological polar surface area (TPSA) is 42.0 Å². The fourth-order valence-corrected chi connectivity index (χ4v) is 0.993. The van der Waals surface area contributed by atoms with Gasteiger partial charge in [0, 0.05) is 18.4 Å². The molecule has 1 saturated carbocycles. The second kappa shape index (κ2) is 2.93. The number of hydrogen-bond acceptors (Lipinski definition) is 2. The minimum Gasteiger partial charge on any atom is -0.349 e. The van der Waals surface area contributed by atoms with E-state index in [1.807, 2.05) is 0 Å². The largest absolute Gasteiger partial charge is 0.349 e. The van der Waals surface area contributed by atoms with E-state index in [1.165, 1.54) is 0 Å². The van der Waals surface area contributed by atoms with Gasteiger partial charge in [-0.15, -0.1) is 0 Å². The van der Waals surface area contributed by atoms with Gasteiger partial charge in [-0.3, -0.25) is 9.78 Å². The van der Waals surface area contributed by atoms with E-state index in [2.05, 4.69) is 10.3 Å². The first-order valence-corrected chi connectivity index (χ1v) is 4.07. The molecule has 0 spiro atoms. The number of pyridine rings is 1. The van der Waals surface area contributed by atoms with Crippen molar-refractivity contribution in [3.8, 4) is 0 Å². The van der Waals surface area contributed by atoms with E-state index in [4.69, 9.17) is 0 Å². The Bertz CT molecular complexity index is 280. The molecular weight excluding hydrogens is 152 g/mol. The summed E-state index contributed by atoms with van der Waals surface area (Å²) in [6.45, 7) is 0. The molecule has 0 aromatic carbocycles. The third kappa shape index (κ3) is 1.61. The highest BCUT2D eigenvalue weighted by Crippen LogP contribution is 2.19. The molecule has 1 amide bonds. The fraction of sp³-hybridized carbons (Fsp3) is 0.333. The molecule has 1 fully saturated rings. The van der Waals surface area contributed by atoms with Crippen LogP contribution in [0.2, 0.25) is 0 Å². The summed E-state index contributed by atoms with van der Waals surface area (Å²) in [5.74, 6) is -0.00870. The predicted octanol–water partition coefficient (Wildman–Crippen LogP) is 0.974. The molecule has 1 aromatic heterocycles. The Morgan fingerprint density at radius 2 is 2.42 bits per heavy atom. The van der Waals surface area contributed by atoms with Crippen LogP contribution in [-0.2, 0) is 0 Å². The average Bonchev–Trinajstić information content (AvgIpc) is 2.90. The number of carbonyl (C=O) groups is 1. The van der Waals surface area contributed by atoms with Gasteiger partial charge in [-0.1, -0.05) is 0 Å². The Morgan fingerprint density at radius 3 is 3.00 bits per heavy atom. The number of amides is 1. The highest BCUT2D eigenvalue weighted by Gasteiger charge is 2.23. The maximum atomic E-state index is 11.3. The van der Waals surface area contributed by atoms with Crippen molar-refractivity contribution >= 4 is 5.91 Å². The van der Waals surface area contributed by atoms with Gasteiger partial charge >= 0.3 is 0 Å². The molecule has 1 N–H and O–H groups in total. The van der Waals surface area contributed by atoms with E-state index in [0.717, 1.165) is 12.8 Å². The molecule has 0 saturated heterocycles. The van der Waals surface area contributed by atoms with Gasteiger partial charge in [-0.25, -0.2) is 0 Å². The van der Waals surface area contributed by atoms with Crippen molar-refractivity contribution in [1.82, 2.24) is 10.3 Å². The zero-order valence-electron chi connectivity index (χ0n) is 6.66. The molecule has 3 heteroatoms. The molecule has 1 heterocycles. The van der Waals surface area contributed by atoms with E-state index in [1.54, 1.807) is 24.5 Å². The van der Waals surface area contributed by atoms with Gasteiger partial charge in [-0.2, -0.15) is 0 Å². The minimum atomic E-state index is -0.00870. The van der Waals surface area contributed by atoms with Crippen LogP contribution in [0.25, 0.3) is 0 Å². The number of nitrogens with one attached hydrogen (secondary N) is 1. The smallest absolute Gasteiger partial charge is 0.253 e. The lowest BCUT2D eigenvalue weighted by atomic mass is 10.3. The van der Waals surface area contributed by atoms with Gasteiger partial charge in [0.2, 0.25) is 0 Å².